The molecule has 0 saturated carbocycles. The molecule has 6 rings (SSSR count). The zero-order valence-electron chi connectivity index (χ0n) is 16.7. The van der Waals surface area contributed by atoms with E-state index in [2.05, 4.69) is 65.4 Å². The fourth-order valence-corrected chi connectivity index (χ4v) is 4.73. The Morgan fingerprint density at radius 2 is 1.77 bits per heavy atom. The number of aromatic nitrogens is 2. The van der Waals surface area contributed by atoms with Crippen molar-refractivity contribution in [2.45, 2.75) is 12.2 Å². The van der Waals surface area contributed by atoms with Crippen molar-refractivity contribution in [2.75, 3.05) is 0 Å². The Hall–Kier alpha value is -3.34. The predicted octanol–water partition coefficient (Wildman–Crippen LogP) is 5.32. The van der Waals surface area contributed by atoms with Crippen molar-refractivity contribution in [1.29, 1.82) is 0 Å². The lowest BCUT2D eigenvalue weighted by molar-refractivity contribution is 0.326. The van der Waals surface area contributed by atoms with E-state index in [1.54, 1.807) is 0 Å². The number of halogens is 1. The predicted molar refractivity (Wildman–Crippen MR) is 125 cm³/mol. The van der Waals surface area contributed by atoms with Gasteiger partial charge in [-0.15, -0.1) is 0 Å². The normalized spacial score (nSPS) is 23.6. The standard InChI is InChI=1S/C26H21ClN4/c27-19-14-12-18(13-15-19)25-21(16-31(30-25)20-8-2-1-3-9-20)26-28-22-10-4-6-17-7-5-11-23(29-26)24(17)22/h1-16,22,24,26,28-29H/t22-,24+,26+/m1/s1. The summed E-state index contributed by atoms with van der Waals surface area (Å²) in [6.07, 6.45) is 15.1. The molecule has 0 radical (unpaired) electrons. The molecule has 5 heteroatoms. The van der Waals surface area contributed by atoms with Crippen LogP contribution in [0.5, 0.6) is 0 Å². The van der Waals surface area contributed by atoms with Gasteiger partial charge in [-0.3, -0.25) is 5.32 Å². The monoisotopic (exact) mass is 424 g/mol. The maximum Gasteiger partial charge on any atom is 0.107 e. The third kappa shape index (κ3) is 3.25. The lowest BCUT2D eigenvalue weighted by Gasteiger charge is -2.42. The van der Waals surface area contributed by atoms with E-state index in [-0.39, 0.29) is 12.2 Å². The fraction of sp³-hybridized carbons (Fsp3) is 0.115. The van der Waals surface area contributed by atoms with E-state index in [0.29, 0.717) is 5.92 Å². The van der Waals surface area contributed by atoms with E-state index >= 15 is 0 Å². The van der Waals surface area contributed by atoms with Gasteiger partial charge in [-0.05, 0) is 35.9 Å². The third-order valence-electron chi connectivity index (χ3n) is 6.09. The SMILES string of the molecule is Clc1ccc(-c2nn(-c3ccccc3)cc2[C@@H]2NC3=CC=CC4=CC=C[C@@H](N2)[C@H]43)cc1. The van der Waals surface area contributed by atoms with Gasteiger partial charge in [0, 0.05) is 40.0 Å². The average molecular weight is 425 g/mol. The molecule has 31 heavy (non-hydrogen) atoms. The van der Waals surface area contributed by atoms with Crippen molar-refractivity contribution >= 4 is 11.6 Å². The molecule has 3 aromatic rings. The van der Waals surface area contributed by atoms with Gasteiger partial charge in [-0.25, -0.2) is 4.68 Å². The Morgan fingerprint density at radius 1 is 0.935 bits per heavy atom. The van der Waals surface area contributed by atoms with Crippen LogP contribution in [-0.4, -0.2) is 15.8 Å². The molecule has 3 atom stereocenters. The molecule has 1 saturated heterocycles. The fourth-order valence-electron chi connectivity index (χ4n) is 4.61. The second-order valence-electron chi connectivity index (χ2n) is 8.00. The van der Waals surface area contributed by atoms with E-state index in [4.69, 9.17) is 16.7 Å². The van der Waals surface area contributed by atoms with Gasteiger partial charge in [0.05, 0.1) is 11.4 Å². The van der Waals surface area contributed by atoms with Gasteiger partial charge in [0.2, 0.25) is 0 Å². The van der Waals surface area contributed by atoms with Gasteiger partial charge in [0.25, 0.3) is 0 Å². The Balaban J connectivity index is 1.45. The second-order valence-corrected chi connectivity index (χ2v) is 8.44. The molecule has 0 spiro atoms. The van der Waals surface area contributed by atoms with Crippen LogP contribution in [0.15, 0.2) is 109 Å². The summed E-state index contributed by atoms with van der Waals surface area (Å²) < 4.78 is 1.95. The lowest BCUT2D eigenvalue weighted by atomic mass is 9.79. The lowest BCUT2D eigenvalue weighted by Crippen LogP contribution is -2.52. The smallest absolute Gasteiger partial charge is 0.107 e. The van der Waals surface area contributed by atoms with Crippen molar-refractivity contribution in [3.8, 4) is 16.9 Å². The first-order valence-corrected chi connectivity index (χ1v) is 10.8. The number of para-hydroxylation sites is 1. The summed E-state index contributed by atoms with van der Waals surface area (Å²) in [5, 5.41) is 13.2. The summed E-state index contributed by atoms with van der Waals surface area (Å²) in [6, 6.07) is 18.3. The summed E-state index contributed by atoms with van der Waals surface area (Å²) in [7, 11) is 0. The van der Waals surface area contributed by atoms with E-state index in [0.717, 1.165) is 27.5 Å². The van der Waals surface area contributed by atoms with E-state index in [1.807, 2.05) is 47.1 Å². The minimum absolute atomic E-state index is 0.0638. The Morgan fingerprint density at radius 3 is 2.61 bits per heavy atom. The van der Waals surface area contributed by atoms with Crippen molar-refractivity contribution in [3.05, 3.63) is 119 Å². The van der Waals surface area contributed by atoms with Crippen LogP contribution in [-0.2, 0) is 0 Å². The van der Waals surface area contributed by atoms with Crippen LogP contribution in [0, 0.1) is 5.92 Å². The second kappa shape index (κ2) is 7.41. The number of hydrogen-bond acceptors (Lipinski definition) is 3. The molecular formula is C26H21ClN4. The highest BCUT2D eigenvalue weighted by Gasteiger charge is 2.37. The zero-order chi connectivity index (χ0) is 20.8. The molecular weight excluding hydrogens is 404 g/mol. The molecule has 2 N–H and O–H groups in total. The first-order valence-electron chi connectivity index (χ1n) is 10.5. The maximum absolute atomic E-state index is 6.15. The first-order chi connectivity index (χ1) is 15.3. The summed E-state index contributed by atoms with van der Waals surface area (Å²) >= 11 is 6.15. The molecule has 2 aliphatic carbocycles. The highest BCUT2D eigenvalue weighted by Crippen LogP contribution is 2.38. The van der Waals surface area contributed by atoms with Crippen molar-refractivity contribution in [3.63, 3.8) is 0 Å². The van der Waals surface area contributed by atoms with Crippen molar-refractivity contribution in [1.82, 2.24) is 20.4 Å². The molecule has 3 aliphatic rings. The molecule has 1 aromatic heterocycles. The number of allylic oxidation sites excluding steroid dienone is 5. The van der Waals surface area contributed by atoms with Crippen molar-refractivity contribution < 1.29 is 0 Å². The van der Waals surface area contributed by atoms with E-state index in [9.17, 15) is 0 Å². The molecule has 1 aliphatic heterocycles. The quantitative estimate of drug-likeness (QED) is 0.598. The molecule has 0 unspecified atom stereocenters. The molecule has 2 heterocycles. The molecule has 1 fully saturated rings. The van der Waals surface area contributed by atoms with Crippen LogP contribution in [0.1, 0.15) is 11.7 Å². The topological polar surface area (TPSA) is 41.9 Å². The summed E-state index contributed by atoms with van der Waals surface area (Å²) in [5.41, 5.74) is 6.68. The van der Waals surface area contributed by atoms with Crippen LogP contribution >= 0.6 is 11.6 Å². The van der Waals surface area contributed by atoms with E-state index in [1.165, 1.54) is 11.3 Å². The number of rotatable bonds is 3. The van der Waals surface area contributed by atoms with E-state index < -0.39 is 0 Å². The van der Waals surface area contributed by atoms with Crippen LogP contribution < -0.4 is 10.6 Å². The van der Waals surface area contributed by atoms with Gasteiger partial charge in [0.15, 0.2) is 0 Å². The maximum atomic E-state index is 6.15. The summed E-state index contributed by atoms with van der Waals surface area (Å²) in [6.45, 7) is 0. The highest BCUT2D eigenvalue weighted by atomic mass is 35.5. The van der Waals surface area contributed by atoms with Crippen molar-refractivity contribution in [2.24, 2.45) is 5.92 Å². The van der Waals surface area contributed by atoms with Gasteiger partial charge >= 0.3 is 0 Å². The number of nitrogens with one attached hydrogen (secondary N) is 2. The molecule has 4 nitrogen and oxygen atoms in total. The van der Waals surface area contributed by atoms with Crippen LogP contribution in [0.4, 0.5) is 0 Å². The van der Waals surface area contributed by atoms with Crippen LogP contribution in [0.2, 0.25) is 5.02 Å². The Bertz CT molecular complexity index is 1250. The third-order valence-corrected chi connectivity index (χ3v) is 6.34. The highest BCUT2D eigenvalue weighted by molar-refractivity contribution is 6.30. The summed E-state index contributed by atoms with van der Waals surface area (Å²) in [4.78, 5) is 0. The minimum Gasteiger partial charge on any atom is -0.369 e. The average Bonchev–Trinajstić information content (AvgIpc) is 3.26. The molecule has 152 valence electrons. The van der Waals surface area contributed by atoms with Gasteiger partial charge < -0.3 is 5.32 Å². The van der Waals surface area contributed by atoms with Crippen LogP contribution in [0.3, 0.4) is 0 Å². The summed E-state index contributed by atoms with van der Waals surface area (Å²) in [5.74, 6) is 0.328. The van der Waals surface area contributed by atoms with Gasteiger partial charge in [0.1, 0.15) is 6.17 Å². The van der Waals surface area contributed by atoms with Crippen LogP contribution in [0.25, 0.3) is 16.9 Å². The Kier molecular flexibility index (Phi) is 4.41. The number of hydrogen-bond donors (Lipinski definition) is 2. The minimum atomic E-state index is -0.0638. The largest absolute Gasteiger partial charge is 0.369 e. The molecule has 0 amide bonds. The number of benzene rings is 2. The van der Waals surface area contributed by atoms with Gasteiger partial charge in [-0.1, -0.05) is 72.3 Å². The molecule has 0 bridgehead atoms. The first kappa shape index (κ1) is 18.4. The van der Waals surface area contributed by atoms with Gasteiger partial charge in [-0.2, -0.15) is 5.10 Å². The zero-order valence-corrected chi connectivity index (χ0v) is 17.5. The number of nitrogens with zero attached hydrogens (tertiary/aromatic N) is 2. The molecule has 2 aromatic carbocycles. The Labute approximate surface area is 186 Å².